The fraction of sp³-hybridized carbons (Fsp3) is 0.0714. The van der Waals surface area contributed by atoms with Crippen LogP contribution in [0.4, 0.5) is 0 Å². The summed E-state index contributed by atoms with van der Waals surface area (Å²) in [5.41, 5.74) is 2.99. The van der Waals surface area contributed by atoms with E-state index in [-0.39, 0.29) is 0 Å². The molecule has 96 valence electrons. The molecular weight excluding hydrogens is 299 g/mol. The van der Waals surface area contributed by atoms with Gasteiger partial charge in [-0.05, 0) is 42.0 Å². The van der Waals surface area contributed by atoms with E-state index in [0.717, 1.165) is 21.6 Å². The summed E-state index contributed by atoms with van der Waals surface area (Å²) < 4.78 is 2.66. The average Bonchev–Trinajstić information content (AvgIpc) is 2.69. The molecule has 0 spiro atoms. The van der Waals surface area contributed by atoms with E-state index in [1.165, 1.54) is 0 Å². The molecular formula is C14H10Cl2N2S. The van der Waals surface area contributed by atoms with Crippen molar-refractivity contribution in [1.29, 1.82) is 0 Å². The molecule has 0 aliphatic carbocycles. The standard InChI is InChI=1S/C14H10Cl2N2S/c15-10-5-6-12-13(7-10)18(14(19)17-12)8-9-3-1-2-4-11(9)16/h1-7H,8H2,(H,17,19). The Morgan fingerprint density at radius 3 is 2.68 bits per heavy atom. The quantitative estimate of drug-likeness (QED) is 0.657. The molecule has 0 atom stereocenters. The van der Waals surface area contributed by atoms with Gasteiger partial charge < -0.3 is 9.55 Å². The van der Waals surface area contributed by atoms with Crippen LogP contribution in [0, 0.1) is 4.77 Å². The highest BCUT2D eigenvalue weighted by Gasteiger charge is 2.07. The molecule has 0 fully saturated rings. The molecule has 5 heteroatoms. The maximum absolute atomic E-state index is 6.19. The van der Waals surface area contributed by atoms with Crippen molar-refractivity contribution in [3.63, 3.8) is 0 Å². The van der Waals surface area contributed by atoms with Crippen LogP contribution in [0.15, 0.2) is 42.5 Å². The van der Waals surface area contributed by atoms with Gasteiger partial charge >= 0.3 is 0 Å². The molecule has 1 aromatic heterocycles. The van der Waals surface area contributed by atoms with Crippen LogP contribution in [0.2, 0.25) is 10.0 Å². The van der Waals surface area contributed by atoms with Crippen molar-refractivity contribution in [3.05, 3.63) is 62.8 Å². The maximum atomic E-state index is 6.19. The van der Waals surface area contributed by atoms with Gasteiger partial charge in [-0.1, -0.05) is 41.4 Å². The normalized spacial score (nSPS) is 11.1. The van der Waals surface area contributed by atoms with Crippen molar-refractivity contribution in [1.82, 2.24) is 9.55 Å². The molecule has 1 heterocycles. The molecule has 0 bridgehead atoms. The SMILES string of the molecule is S=c1[nH]c2ccc(Cl)cc2n1Cc1ccccc1Cl. The summed E-state index contributed by atoms with van der Waals surface area (Å²) in [6, 6.07) is 13.4. The van der Waals surface area contributed by atoms with Crippen molar-refractivity contribution >= 4 is 46.5 Å². The van der Waals surface area contributed by atoms with E-state index in [4.69, 9.17) is 35.4 Å². The minimum atomic E-state index is 0.624. The molecule has 0 amide bonds. The van der Waals surface area contributed by atoms with Gasteiger partial charge in [0, 0.05) is 10.0 Å². The van der Waals surface area contributed by atoms with Crippen LogP contribution < -0.4 is 0 Å². The number of H-pyrrole nitrogens is 1. The molecule has 0 aliphatic heterocycles. The first kappa shape index (κ1) is 12.7. The molecule has 0 aliphatic rings. The Kier molecular flexibility index (Phi) is 3.35. The molecule has 0 unspecified atom stereocenters. The summed E-state index contributed by atoms with van der Waals surface area (Å²) in [4.78, 5) is 3.17. The average molecular weight is 309 g/mol. The van der Waals surface area contributed by atoms with Crippen LogP contribution in [-0.4, -0.2) is 9.55 Å². The Morgan fingerprint density at radius 2 is 1.89 bits per heavy atom. The number of aromatic amines is 1. The van der Waals surface area contributed by atoms with Crippen LogP contribution in [0.3, 0.4) is 0 Å². The number of hydrogen-bond acceptors (Lipinski definition) is 1. The van der Waals surface area contributed by atoms with Gasteiger partial charge in [0.25, 0.3) is 0 Å². The Balaban J connectivity index is 2.15. The maximum Gasteiger partial charge on any atom is 0.178 e. The molecule has 3 rings (SSSR count). The van der Waals surface area contributed by atoms with Crippen LogP contribution in [-0.2, 0) is 6.54 Å². The lowest BCUT2D eigenvalue weighted by molar-refractivity contribution is 0.811. The number of rotatable bonds is 2. The van der Waals surface area contributed by atoms with E-state index in [1.807, 2.05) is 47.0 Å². The van der Waals surface area contributed by atoms with E-state index < -0.39 is 0 Å². The van der Waals surface area contributed by atoms with Gasteiger partial charge in [0.2, 0.25) is 0 Å². The van der Waals surface area contributed by atoms with Crippen LogP contribution in [0.5, 0.6) is 0 Å². The van der Waals surface area contributed by atoms with Gasteiger partial charge in [-0.2, -0.15) is 0 Å². The predicted octanol–water partition coefficient (Wildman–Crippen LogP) is 5.05. The second-order valence-corrected chi connectivity index (χ2v) is 5.50. The van der Waals surface area contributed by atoms with Gasteiger partial charge in [0.15, 0.2) is 4.77 Å². The lowest BCUT2D eigenvalue weighted by Gasteiger charge is -2.06. The summed E-state index contributed by atoms with van der Waals surface area (Å²) in [5, 5.41) is 1.43. The fourth-order valence-corrected chi connectivity index (χ4v) is 2.71. The van der Waals surface area contributed by atoms with Crippen LogP contribution in [0.25, 0.3) is 11.0 Å². The van der Waals surface area contributed by atoms with Crippen molar-refractivity contribution < 1.29 is 0 Å². The van der Waals surface area contributed by atoms with Crippen molar-refractivity contribution in [3.8, 4) is 0 Å². The van der Waals surface area contributed by atoms with Gasteiger partial charge in [-0.3, -0.25) is 0 Å². The van der Waals surface area contributed by atoms with Gasteiger partial charge in [-0.25, -0.2) is 0 Å². The number of benzene rings is 2. The van der Waals surface area contributed by atoms with Gasteiger partial charge in [0.1, 0.15) is 0 Å². The highest BCUT2D eigenvalue weighted by molar-refractivity contribution is 7.71. The zero-order valence-electron chi connectivity index (χ0n) is 9.86. The first-order valence-electron chi connectivity index (χ1n) is 5.76. The first-order chi connectivity index (χ1) is 9.15. The smallest absolute Gasteiger partial charge is 0.178 e. The molecule has 3 aromatic rings. The first-order valence-corrected chi connectivity index (χ1v) is 6.93. The predicted molar refractivity (Wildman–Crippen MR) is 82.7 cm³/mol. The van der Waals surface area contributed by atoms with Crippen molar-refractivity contribution in [2.75, 3.05) is 0 Å². The van der Waals surface area contributed by atoms with Crippen molar-refractivity contribution in [2.24, 2.45) is 0 Å². The molecule has 1 N–H and O–H groups in total. The summed E-state index contributed by atoms with van der Waals surface area (Å²) >= 11 is 17.6. The number of imidazole rings is 1. The molecule has 19 heavy (non-hydrogen) atoms. The van der Waals surface area contributed by atoms with E-state index in [1.54, 1.807) is 0 Å². The molecule has 0 saturated carbocycles. The minimum Gasteiger partial charge on any atom is -0.331 e. The van der Waals surface area contributed by atoms with E-state index in [2.05, 4.69) is 4.98 Å². The largest absolute Gasteiger partial charge is 0.331 e. The van der Waals surface area contributed by atoms with Gasteiger partial charge in [-0.15, -0.1) is 0 Å². The summed E-state index contributed by atoms with van der Waals surface area (Å²) in [7, 11) is 0. The zero-order chi connectivity index (χ0) is 13.4. The topological polar surface area (TPSA) is 20.7 Å². The van der Waals surface area contributed by atoms with Crippen molar-refractivity contribution in [2.45, 2.75) is 6.54 Å². The third kappa shape index (κ3) is 2.41. The van der Waals surface area contributed by atoms with E-state index in [0.29, 0.717) is 16.3 Å². The monoisotopic (exact) mass is 308 g/mol. The summed E-state index contributed by atoms with van der Waals surface area (Å²) in [5.74, 6) is 0. The molecule has 0 radical (unpaired) electrons. The Bertz CT molecular complexity index is 805. The molecule has 2 aromatic carbocycles. The summed E-state index contributed by atoms with van der Waals surface area (Å²) in [6.07, 6.45) is 0. The Morgan fingerprint density at radius 1 is 1.11 bits per heavy atom. The summed E-state index contributed by atoms with van der Waals surface area (Å²) in [6.45, 7) is 0.624. The number of nitrogens with one attached hydrogen (secondary N) is 1. The van der Waals surface area contributed by atoms with Crippen LogP contribution in [0.1, 0.15) is 5.56 Å². The third-order valence-electron chi connectivity index (χ3n) is 3.02. The highest BCUT2D eigenvalue weighted by atomic mass is 35.5. The number of hydrogen-bond donors (Lipinski definition) is 1. The number of fused-ring (bicyclic) bond motifs is 1. The van der Waals surface area contributed by atoms with E-state index >= 15 is 0 Å². The van der Waals surface area contributed by atoms with Gasteiger partial charge in [0.05, 0.1) is 17.6 Å². The zero-order valence-corrected chi connectivity index (χ0v) is 12.2. The Labute approximate surface area is 125 Å². The molecule has 0 saturated heterocycles. The number of nitrogens with zero attached hydrogens (tertiary/aromatic N) is 1. The fourth-order valence-electron chi connectivity index (χ4n) is 2.08. The minimum absolute atomic E-state index is 0.624. The lowest BCUT2D eigenvalue weighted by Crippen LogP contribution is -2.00. The van der Waals surface area contributed by atoms with E-state index in [9.17, 15) is 0 Å². The second-order valence-electron chi connectivity index (χ2n) is 4.27. The lowest BCUT2D eigenvalue weighted by atomic mass is 10.2. The molecule has 2 nitrogen and oxygen atoms in total. The third-order valence-corrected chi connectivity index (χ3v) is 3.95. The number of aromatic nitrogens is 2. The van der Waals surface area contributed by atoms with Crippen LogP contribution >= 0.6 is 35.4 Å². The highest BCUT2D eigenvalue weighted by Crippen LogP contribution is 2.22. The number of halogens is 2. The second kappa shape index (κ2) is 5.00. The Hall–Kier alpha value is -1.29.